The van der Waals surface area contributed by atoms with Gasteiger partial charge < -0.3 is 9.40 Å². The van der Waals surface area contributed by atoms with Crippen molar-refractivity contribution in [1.29, 1.82) is 0 Å². The number of carbonyl (C=O) groups excluding carboxylic acids is 1. The van der Waals surface area contributed by atoms with Crippen LogP contribution in [0.3, 0.4) is 0 Å². The SMILES string of the molecule is O=C1CSC(N2N=C(c3cc4ccccc4o3)CC2c2c[nH]c3ccccc23)=NN1. The molecule has 0 aliphatic carbocycles. The van der Waals surface area contributed by atoms with Gasteiger partial charge in [0, 0.05) is 34.5 Å². The number of para-hydroxylation sites is 2. The first-order valence-corrected chi connectivity index (χ1v) is 10.7. The Morgan fingerprint density at radius 2 is 2.00 bits per heavy atom. The Kier molecular flexibility index (Phi) is 3.92. The molecule has 0 fully saturated rings. The minimum absolute atomic E-state index is 0.0504. The van der Waals surface area contributed by atoms with Gasteiger partial charge in [-0.2, -0.15) is 5.10 Å². The van der Waals surface area contributed by atoms with Crippen molar-refractivity contribution in [1.82, 2.24) is 15.4 Å². The van der Waals surface area contributed by atoms with Gasteiger partial charge in [0.25, 0.3) is 5.91 Å². The maximum absolute atomic E-state index is 11.6. The van der Waals surface area contributed by atoms with E-state index in [2.05, 4.69) is 27.6 Å². The number of aromatic amines is 1. The Bertz CT molecular complexity index is 1320. The molecule has 0 spiro atoms. The number of hydrazone groups is 2. The zero-order chi connectivity index (χ0) is 20.1. The molecule has 30 heavy (non-hydrogen) atoms. The van der Waals surface area contributed by atoms with Crippen LogP contribution >= 0.6 is 11.8 Å². The Morgan fingerprint density at radius 3 is 2.87 bits per heavy atom. The Hall–Kier alpha value is -3.52. The number of nitrogens with one attached hydrogen (secondary N) is 2. The highest BCUT2D eigenvalue weighted by molar-refractivity contribution is 8.14. The molecule has 7 nitrogen and oxygen atoms in total. The van der Waals surface area contributed by atoms with E-state index < -0.39 is 0 Å². The van der Waals surface area contributed by atoms with Gasteiger partial charge in [-0.05, 0) is 18.2 Å². The molecule has 2 aliphatic heterocycles. The Labute approximate surface area is 175 Å². The molecule has 1 atom stereocenters. The normalized spacial score (nSPS) is 19.3. The molecule has 0 saturated carbocycles. The van der Waals surface area contributed by atoms with E-state index in [-0.39, 0.29) is 11.9 Å². The van der Waals surface area contributed by atoms with Gasteiger partial charge in [-0.3, -0.25) is 4.79 Å². The van der Waals surface area contributed by atoms with Crippen LogP contribution in [0.2, 0.25) is 0 Å². The predicted molar refractivity (Wildman–Crippen MR) is 118 cm³/mol. The van der Waals surface area contributed by atoms with Gasteiger partial charge in [0.05, 0.1) is 11.8 Å². The van der Waals surface area contributed by atoms with Crippen LogP contribution in [0.5, 0.6) is 0 Å². The quantitative estimate of drug-likeness (QED) is 0.514. The van der Waals surface area contributed by atoms with Crippen molar-refractivity contribution in [3.63, 3.8) is 0 Å². The van der Waals surface area contributed by atoms with Crippen molar-refractivity contribution >= 4 is 50.4 Å². The van der Waals surface area contributed by atoms with Gasteiger partial charge in [-0.1, -0.05) is 48.2 Å². The average molecular weight is 415 g/mol. The molecule has 1 amide bonds. The molecule has 0 radical (unpaired) electrons. The number of amides is 1. The maximum Gasteiger partial charge on any atom is 0.250 e. The van der Waals surface area contributed by atoms with E-state index in [1.807, 2.05) is 53.7 Å². The van der Waals surface area contributed by atoms with Crippen molar-refractivity contribution < 1.29 is 9.21 Å². The molecule has 0 saturated heterocycles. The van der Waals surface area contributed by atoms with Crippen LogP contribution in [-0.4, -0.2) is 32.5 Å². The predicted octanol–water partition coefficient (Wildman–Crippen LogP) is 4.20. The summed E-state index contributed by atoms with van der Waals surface area (Å²) >= 11 is 1.39. The molecule has 1 unspecified atom stereocenters. The van der Waals surface area contributed by atoms with Gasteiger partial charge >= 0.3 is 0 Å². The standard InChI is InChI=1S/C22H17N5O2S/c28-21-12-30-22(25-24-21)27-18(15-11-23-16-7-3-2-6-14(15)16)10-17(26-27)20-9-13-5-1-4-8-19(13)29-20/h1-9,11,18,23H,10,12H2,(H,24,28). The lowest BCUT2D eigenvalue weighted by Gasteiger charge is -2.25. The number of fused-ring (bicyclic) bond motifs is 2. The largest absolute Gasteiger partial charge is 0.455 e. The zero-order valence-electron chi connectivity index (χ0n) is 15.8. The van der Waals surface area contributed by atoms with Crippen LogP contribution in [0, 0.1) is 0 Å². The first kappa shape index (κ1) is 17.3. The van der Waals surface area contributed by atoms with Gasteiger partial charge in [-0.15, -0.1) is 5.10 Å². The number of hydrogen-bond donors (Lipinski definition) is 2. The van der Waals surface area contributed by atoms with Crippen LogP contribution < -0.4 is 5.43 Å². The highest BCUT2D eigenvalue weighted by atomic mass is 32.2. The van der Waals surface area contributed by atoms with Crippen molar-refractivity contribution in [3.05, 3.63) is 72.1 Å². The topological polar surface area (TPSA) is 86.0 Å². The minimum Gasteiger partial charge on any atom is -0.455 e. The van der Waals surface area contributed by atoms with Crippen molar-refractivity contribution in [2.24, 2.45) is 10.2 Å². The number of nitrogens with zero attached hydrogens (tertiary/aromatic N) is 3. The molecule has 148 valence electrons. The van der Waals surface area contributed by atoms with Crippen LogP contribution in [0.25, 0.3) is 21.9 Å². The van der Waals surface area contributed by atoms with Crippen molar-refractivity contribution in [2.75, 3.05) is 5.75 Å². The van der Waals surface area contributed by atoms with Crippen molar-refractivity contribution in [3.8, 4) is 0 Å². The lowest BCUT2D eigenvalue weighted by molar-refractivity contribution is -0.118. The van der Waals surface area contributed by atoms with Crippen LogP contribution in [0.1, 0.15) is 23.8 Å². The summed E-state index contributed by atoms with van der Waals surface area (Å²) in [5, 5.41) is 13.9. The lowest BCUT2D eigenvalue weighted by Crippen LogP contribution is -2.34. The summed E-state index contributed by atoms with van der Waals surface area (Å²) in [6.07, 6.45) is 2.71. The summed E-state index contributed by atoms with van der Waals surface area (Å²) in [7, 11) is 0. The molecular weight excluding hydrogens is 398 g/mol. The summed E-state index contributed by atoms with van der Waals surface area (Å²) in [5.74, 6) is 0.980. The fourth-order valence-electron chi connectivity index (χ4n) is 3.99. The number of thioether (sulfide) groups is 1. The van der Waals surface area contributed by atoms with Crippen molar-refractivity contribution in [2.45, 2.75) is 12.5 Å². The Balaban J connectivity index is 1.44. The third-order valence-corrected chi connectivity index (χ3v) is 6.35. The number of benzene rings is 2. The average Bonchev–Trinajstić information content (AvgIpc) is 3.50. The number of rotatable bonds is 2. The van der Waals surface area contributed by atoms with Gasteiger partial charge in [0.15, 0.2) is 5.76 Å². The van der Waals surface area contributed by atoms with E-state index in [1.165, 1.54) is 11.8 Å². The number of carbonyl (C=O) groups is 1. The monoisotopic (exact) mass is 415 g/mol. The first-order chi connectivity index (χ1) is 14.8. The fourth-order valence-corrected chi connectivity index (χ4v) is 4.73. The molecule has 2 N–H and O–H groups in total. The summed E-state index contributed by atoms with van der Waals surface area (Å²) < 4.78 is 6.08. The number of aromatic nitrogens is 1. The molecule has 4 heterocycles. The number of H-pyrrole nitrogens is 1. The number of amidine groups is 1. The molecule has 8 heteroatoms. The fraction of sp³-hybridized carbons (Fsp3) is 0.136. The van der Waals surface area contributed by atoms with E-state index in [0.29, 0.717) is 17.3 Å². The molecule has 4 aromatic rings. The number of furan rings is 1. The molecular formula is C22H17N5O2S. The van der Waals surface area contributed by atoms with Gasteiger partial charge in [-0.25, -0.2) is 10.4 Å². The van der Waals surface area contributed by atoms with E-state index in [4.69, 9.17) is 9.52 Å². The number of hydrogen-bond acceptors (Lipinski definition) is 6. The zero-order valence-corrected chi connectivity index (χ0v) is 16.6. The summed E-state index contributed by atoms with van der Waals surface area (Å²) in [6.45, 7) is 0. The van der Waals surface area contributed by atoms with E-state index in [0.717, 1.165) is 38.9 Å². The van der Waals surface area contributed by atoms with E-state index >= 15 is 0 Å². The van der Waals surface area contributed by atoms with Crippen LogP contribution in [0.15, 0.2) is 75.4 Å². The minimum atomic E-state index is -0.104. The summed E-state index contributed by atoms with van der Waals surface area (Å²) in [4.78, 5) is 14.9. The molecule has 2 aromatic carbocycles. The van der Waals surface area contributed by atoms with Gasteiger partial charge in [0.2, 0.25) is 5.17 Å². The second kappa shape index (κ2) is 6.77. The third-order valence-electron chi connectivity index (χ3n) is 5.41. The summed E-state index contributed by atoms with van der Waals surface area (Å²) in [5.41, 5.74) is 6.50. The molecule has 2 aliphatic rings. The van der Waals surface area contributed by atoms with E-state index in [9.17, 15) is 4.79 Å². The second-order valence-corrected chi connectivity index (χ2v) is 8.21. The van der Waals surface area contributed by atoms with Crippen LogP contribution in [-0.2, 0) is 4.79 Å². The maximum atomic E-state index is 11.6. The summed E-state index contributed by atoms with van der Waals surface area (Å²) in [6, 6.07) is 18.1. The highest BCUT2D eigenvalue weighted by Gasteiger charge is 2.36. The molecule has 2 aromatic heterocycles. The smallest absolute Gasteiger partial charge is 0.250 e. The Morgan fingerprint density at radius 1 is 1.13 bits per heavy atom. The van der Waals surface area contributed by atoms with Gasteiger partial charge in [0.1, 0.15) is 11.3 Å². The first-order valence-electron chi connectivity index (χ1n) is 9.67. The van der Waals surface area contributed by atoms with E-state index in [1.54, 1.807) is 0 Å². The lowest BCUT2D eigenvalue weighted by atomic mass is 10.0. The second-order valence-electron chi connectivity index (χ2n) is 7.27. The van der Waals surface area contributed by atoms with Crippen LogP contribution in [0.4, 0.5) is 0 Å². The highest BCUT2D eigenvalue weighted by Crippen LogP contribution is 2.39. The third kappa shape index (κ3) is 2.80. The molecule has 0 bridgehead atoms. The molecule has 6 rings (SSSR count).